The lowest BCUT2D eigenvalue weighted by Crippen LogP contribution is -2.47. The van der Waals surface area contributed by atoms with Crippen LogP contribution in [0.3, 0.4) is 0 Å². The van der Waals surface area contributed by atoms with E-state index in [1.54, 1.807) is 37.4 Å². The van der Waals surface area contributed by atoms with Crippen LogP contribution in [-0.4, -0.2) is 30.9 Å². The molecule has 0 radical (unpaired) electrons. The predicted molar refractivity (Wildman–Crippen MR) is 124 cm³/mol. The van der Waals surface area contributed by atoms with Gasteiger partial charge in [0.2, 0.25) is 6.17 Å². The van der Waals surface area contributed by atoms with Crippen molar-refractivity contribution >= 4 is 40.6 Å². The number of hydrogen-bond donors (Lipinski definition) is 2. The average Bonchev–Trinajstić information content (AvgIpc) is 2.86. The second kappa shape index (κ2) is 8.62. The summed E-state index contributed by atoms with van der Waals surface area (Å²) in [6.45, 7) is 1.97. The molecule has 0 saturated carbocycles. The zero-order chi connectivity index (χ0) is 22.0. The summed E-state index contributed by atoms with van der Waals surface area (Å²) in [6, 6.07) is 21.7. The smallest absolute Gasteiger partial charge is 0.311 e. The maximum Gasteiger partial charge on any atom is 0.321 e. The van der Waals surface area contributed by atoms with E-state index in [2.05, 4.69) is 15.6 Å². The third-order valence-electron chi connectivity index (χ3n) is 5.02. The van der Waals surface area contributed by atoms with Crippen molar-refractivity contribution in [3.8, 4) is 0 Å². The normalized spacial score (nSPS) is 15.6. The van der Waals surface area contributed by atoms with E-state index in [0.29, 0.717) is 22.1 Å². The number of carbonyl (C=O) groups excluding carboxylic acids is 2. The maximum atomic E-state index is 13.1. The molecular formula is C24H21ClN4O2. The van der Waals surface area contributed by atoms with Gasteiger partial charge in [0.05, 0.1) is 11.4 Å². The second-order valence-corrected chi connectivity index (χ2v) is 7.71. The minimum atomic E-state index is -1.10. The van der Waals surface area contributed by atoms with Crippen molar-refractivity contribution in [1.82, 2.24) is 5.32 Å². The first-order valence-electron chi connectivity index (χ1n) is 9.77. The molecule has 1 heterocycles. The van der Waals surface area contributed by atoms with Crippen LogP contribution in [0.4, 0.5) is 16.2 Å². The van der Waals surface area contributed by atoms with Crippen LogP contribution >= 0.6 is 11.6 Å². The minimum absolute atomic E-state index is 0.353. The van der Waals surface area contributed by atoms with Gasteiger partial charge in [-0.05, 0) is 37.3 Å². The number of anilines is 2. The highest BCUT2D eigenvalue weighted by Crippen LogP contribution is 2.29. The molecule has 0 spiro atoms. The number of aryl methyl sites for hydroxylation is 1. The molecular weight excluding hydrogens is 412 g/mol. The largest absolute Gasteiger partial charge is 0.321 e. The van der Waals surface area contributed by atoms with Gasteiger partial charge in [-0.2, -0.15) is 0 Å². The van der Waals surface area contributed by atoms with Gasteiger partial charge in [-0.1, -0.05) is 59.6 Å². The molecule has 0 aromatic heterocycles. The van der Waals surface area contributed by atoms with E-state index in [1.165, 1.54) is 4.90 Å². The Morgan fingerprint density at radius 2 is 1.74 bits per heavy atom. The van der Waals surface area contributed by atoms with Crippen LogP contribution in [-0.2, 0) is 4.79 Å². The van der Waals surface area contributed by atoms with Crippen LogP contribution in [0, 0.1) is 6.92 Å². The molecule has 2 N–H and O–H groups in total. The number of halogens is 1. The zero-order valence-electron chi connectivity index (χ0n) is 17.1. The molecule has 3 aromatic rings. The molecule has 1 aliphatic heterocycles. The Labute approximate surface area is 185 Å². The number of urea groups is 1. The molecule has 0 aliphatic carbocycles. The number of likely N-dealkylation sites (N-methyl/N-ethyl adjacent to an activating group) is 1. The van der Waals surface area contributed by atoms with Gasteiger partial charge in [0, 0.05) is 28.9 Å². The van der Waals surface area contributed by atoms with Gasteiger partial charge in [0.25, 0.3) is 5.91 Å². The number of fused-ring (bicyclic) bond motifs is 1. The van der Waals surface area contributed by atoms with Crippen molar-refractivity contribution in [3.05, 3.63) is 94.5 Å². The number of nitrogens with zero attached hydrogens (tertiary/aromatic N) is 2. The van der Waals surface area contributed by atoms with Crippen LogP contribution in [0.5, 0.6) is 0 Å². The molecule has 0 saturated heterocycles. The maximum absolute atomic E-state index is 13.1. The van der Waals surface area contributed by atoms with Crippen LogP contribution in [0.25, 0.3) is 0 Å². The molecule has 6 nitrogen and oxygen atoms in total. The third kappa shape index (κ3) is 4.44. The van der Waals surface area contributed by atoms with Crippen molar-refractivity contribution in [2.75, 3.05) is 17.3 Å². The molecule has 0 bridgehead atoms. The van der Waals surface area contributed by atoms with Gasteiger partial charge in [-0.25, -0.2) is 9.79 Å². The second-order valence-electron chi connectivity index (χ2n) is 7.27. The molecule has 156 valence electrons. The topological polar surface area (TPSA) is 73.8 Å². The quantitative estimate of drug-likeness (QED) is 0.634. The highest BCUT2D eigenvalue weighted by molar-refractivity contribution is 6.32. The van der Waals surface area contributed by atoms with E-state index in [4.69, 9.17) is 11.6 Å². The lowest BCUT2D eigenvalue weighted by Gasteiger charge is -2.21. The molecule has 4 rings (SSSR count). The highest BCUT2D eigenvalue weighted by atomic mass is 35.5. The molecule has 1 aliphatic rings. The van der Waals surface area contributed by atoms with Crippen LogP contribution < -0.4 is 15.5 Å². The number of hydrogen-bond acceptors (Lipinski definition) is 3. The summed E-state index contributed by atoms with van der Waals surface area (Å²) in [7, 11) is 1.66. The first-order valence-corrected chi connectivity index (χ1v) is 10.1. The summed E-state index contributed by atoms with van der Waals surface area (Å²) >= 11 is 6.25. The van der Waals surface area contributed by atoms with E-state index in [-0.39, 0.29) is 5.91 Å². The zero-order valence-corrected chi connectivity index (χ0v) is 17.9. The molecule has 3 aromatic carbocycles. The van der Waals surface area contributed by atoms with Gasteiger partial charge in [-0.15, -0.1) is 0 Å². The average molecular weight is 433 g/mol. The van der Waals surface area contributed by atoms with E-state index in [9.17, 15) is 9.59 Å². The number of rotatable bonds is 3. The van der Waals surface area contributed by atoms with Gasteiger partial charge < -0.3 is 15.5 Å². The Hall–Kier alpha value is -3.64. The van der Waals surface area contributed by atoms with Gasteiger partial charge in [-0.3, -0.25) is 4.79 Å². The third-order valence-corrected chi connectivity index (χ3v) is 5.26. The first kappa shape index (κ1) is 20.6. The Kier molecular flexibility index (Phi) is 5.73. The van der Waals surface area contributed by atoms with Crippen molar-refractivity contribution in [3.63, 3.8) is 0 Å². The van der Waals surface area contributed by atoms with Crippen LogP contribution in [0.1, 0.15) is 16.7 Å². The van der Waals surface area contributed by atoms with E-state index in [1.807, 2.05) is 49.4 Å². The Bertz CT molecular complexity index is 1160. The molecule has 0 fully saturated rings. The van der Waals surface area contributed by atoms with Crippen LogP contribution in [0.2, 0.25) is 5.02 Å². The van der Waals surface area contributed by atoms with Crippen molar-refractivity contribution in [2.45, 2.75) is 13.1 Å². The fourth-order valence-electron chi connectivity index (χ4n) is 3.39. The summed E-state index contributed by atoms with van der Waals surface area (Å²) in [4.78, 5) is 31.9. The van der Waals surface area contributed by atoms with E-state index in [0.717, 1.165) is 16.7 Å². The van der Waals surface area contributed by atoms with Crippen molar-refractivity contribution < 1.29 is 9.59 Å². The van der Waals surface area contributed by atoms with E-state index >= 15 is 0 Å². The number of carbonyl (C=O) groups is 2. The summed E-state index contributed by atoms with van der Waals surface area (Å²) in [6.07, 6.45) is -1.10. The van der Waals surface area contributed by atoms with E-state index < -0.39 is 12.2 Å². The number of aliphatic imine (C=N–C) groups is 1. The standard InChI is InChI=1S/C24H21ClN4O2/c1-15-8-11-18(12-9-15)26-24(31)28-22-23(30)29(2)20-13-10-17(25)14-19(20)21(27-22)16-6-4-3-5-7-16/h3-14,22H,1-2H3,(H2,26,28,31). The summed E-state index contributed by atoms with van der Waals surface area (Å²) in [5.41, 5.74) is 4.49. The molecule has 3 amide bonds. The van der Waals surface area contributed by atoms with Crippen molar-refractivity contribution in [1.29, 1.82) is 0 Å². The molecule has 31 heavy (non-hydrogen) atoms. The SMILES string of the molecule is Cc1ccc(NC(=O)NC2N=C(c3ccccc3)c3cc(Cl)ccc3N(C)C2=O)cc1. The van der Waals surface area contributed by atoms with Gasteiger partial charge in [0.1, 0.15) is 0 Å². The van der Waals surface area contributed by atoms with Gasteiger partial charge >= 0.3 is 6.03 Å². The molecule has 1 unspecified atom stereocenters. The number of benzodiazepines with no additional fused rings is 1. The molecule has 7 heteroatoms. The van der Waals surface area contributed by atoms with Crippen molar-refractivity contribution in [2.24, 2.45) is 4.99 Å². The lowest BCUT2D eigenvalue weighted by molar-refractivity contribution is -0.119. The fraction of sp³-hybridized carbons (Fsp3) is 0.125. The summed E-state index contributed by atoms with van der Waals surface area (Å²) in [5.74, 6) is -0.353. The lowest BCUT2D eigenvalue weighted by atomic mass is 10.0. The number of nitrogens with one attached hydrogen (secondary N) is 2. The Morgan fingerprint density at radius 3 is 2.45 bits per heavy atom. The summed E-state index contributed by atoms with van der Waals surface area (Å²) < 4.78 is 0. The fourth-order valence-corrected chi connectivity index (χ4v) is 3.57. The molecule has 1 atom stereocenters. The monoisotopic (exact) mass is 432 g/mol. The Balaban J connectivity index is 1.70. The predicted octanol–water partition coefficient (Wildman–Crippen LogP) is 4.61. The summed E-state index contributed by atoms with van der Waals surface area (Å²) in [5, 5.41) is 5.97. The van der Waals surface area contributed by atoms with Gasteiger partial charge in [0.15, 0.2) is 0 Å². The number of amides is 3. The minimum Gasteiger partial charge on any atom is -0.311 e. The van der Waals surface area contributed by atoms with Crippen LogP contribution in [0.15, 0.2) is 77.8 Å². The highest BCUT2D eigenvalue weighted by Gasteiger charge is 2.31. The number of benzene rings is 3. The Morgan fingerprint density at radius 1 is 1.03 bits per heavy atom. The first-order chi connectivity index (χ1) is 14.9.